The SMILES string of the molecule is O=C1C=CCCN1C(=O)/C=C/c1ccc(F)c(Cl)c1. The molecule has 0 N–H and O–H groups in total. The van der Waals surface area contributed by atoms with Crippen LogP contribution in [0.25, 0.3) is 6.08 Å². The Hall–Kier alpha value is -1.94. The molecule has 2 rings (SSSR count). The largest absolute Gasteiger partial charge is 0.275 e. The summed E-state index contributed by atoms with van der Waals surface area (Å²) in [5.41, 5.74) is 0.597. The highest BCUT2D eigenvalue weighted by molar-refractivity contribution is 6.30. The molecule has 0 spiro atoms. The minimum absolute atomic E-state index is 0.00780. The zero-order valence-electron chi connectivity index (χ0n) is 9.98. The van der Waals surface area contributed by atoms with Gasteiger partial charge in [0.2, 0.25) is 0 Å². The van der Waals surface area contributed by atoms with Crippen LogP contribution in [-0.2, 0) is 9.59 Å². The third kappa shape index (κ3) is 3.29. The summed E-state index contributed by atoms with van der Waals surface area (Å²) < 4.78 is 13.0. The number of hydrogen-bond acceptors (Lipinski definition) is 2. The van der Waals surface area contributed by atoms with Crippen LogP contribution >= 0.6 is 11.6 Å². The second kappa shape index (κ2) is 5.80. The quantitative estimate of drug-likeness (QED) is 0.781. The zero-order chi connectivity index (χ0) is 13.8. The lowest BCUT2D eigenvalue weighted by Crippen LogP contribution is -2.37. The Morgan fingerprint density at radius 1 is 1.42 bits per heavy atom. The van der Waals surface area contributed by atoms with Crippen molar-refractivity contribution in [2.24, 2.45) is 0 Å². The highest BCUT2D eigenvalue weighted by Crippen LogP contribution is 2.17. The van der Waals surface area contributed by atoms with Gasteiger partial charge in [0.15, 0.2) is 0 Å². The first kappa shape index (κ1) is 13.5. The number of carbonyl (C=O) groups is 2. The van der Waals surface area contributed by atoms with Crippen LogP contribution in [0.1, 0.15) is 12.0 Å². The lowest BCUT2D eigenvalue weighted by molar-refractivity contribution is -0.139. The fraction of sp³-hybridized carbons (Fsp3) is 0.143. The van der Waals surface area contributed by atoms with Crippen LogP contribution in [0.15, 0.2) is 36.4 Å². The molecule has 0 aromatic heterocycles. The number of imide groups is 1. The summed E-state index contributed by atoms with van der Waals surface area (Å²) in [6, 6.07) is 4.14. The first-order valence-corrected chi connectivity index (χ1v) is 6.11. The molecule has 0 aliphatic carbocycles. The van der Waals surface area contributed by atoms with Gasteiger partial charge in [-0.05, 0) is 36.3 Å². The van der Waals surface area contributed by atoms with Crippen LogP contribution in [0.4, 0.5) is 4.39 Å². The van der Waals surface area contributed by atoms with E-state index in [1.54, 1.807) is 6.08 Å². The van der Waals surface area contributed by atoms with Gasteiger partial charge in [-0.3, -0.25) is 14.5 Å². The van der Waals surface area contributed by atoms with E-state index in [9.17, 15) is 14.0 Å². The molecule has 0 fully saturated rings. The molecular formula is C14H11ClFNO2. The van der Waals surface area contributed by atoms with Gasteiger partial charge in [0.25, 0.3) is 11.8 Å². The fourth-order valence-corrected chi connectivity index (χ4v) is 1.87. The number of rotatable bonds is 2. The zero-order valence-corrected chi connectivity index (χ0v) is 10.7. The van der Waals surface area contributed by atoms with E-state index in [2.05, 4.69) is 0 Å². The molecule has 1 aliphatic rings. The van der Waals surface area contributed by atoms with Crippen LogP contribution in [-0.4, -0.2) is 23.3 Å². The number of amides is 2. The predicted molar refractivity (Wildman–Crippen MR) is 70.9 cm³/mol. The molecule has 3 nitrogen and oxygen atoms in total. The van der Waals surface area contributed by atoms with Crippen molar-refractivity contribution in [3.8, 4) is 0 Å². The van der Waals surface area contributed by atoms with Crippen LogP contribution in [0, 0.1) is 5.82 Å². The van der Waals surface area contributed by atoms with Gasteiger partial charge in [-0.15, -0.1) is 0 Å². The van der Waals surface area contributed by atoms with Gasteiger partial charge in [-0.2, -0.15) is 0 Å². The Balaban J connectivity index is 2.09. The minimum atomic E-state index is -0.513. The second-order valence-electron chi connectivity index (χ2n) is 4.03. The Kier molecular flexibility index (Phi) is 4.12. The van der Waals surface area contributed by atoms with E-state index in [1.165, 1.54) is 36.4 Å². The normalized spacial score (nSPS) is 15.3. The first-order chi connectivity index (χ1) is 9.08. The molecule has 1 heterocycles. The Labute approximate surface area is 115 Å². The molecule has 0 unspecified atom stereocenters. The summed E-state index contributed by atoms with van der Waals surface area (Å²) in [7, 11) is 0. The van der Waals surface area contributed by atoms with Crippen LogP contribution < -0.4 is 0 Å². The summed E-state index contributed by atoms with van der Waals surface area (Å²) in [6.45, 7) is 0.378. The monoisotopic (exact) mass is 279 g/mol. The molecule has 2 amide bonds. The summed E-state index contributed by atoms with van der Waals surface area (Å²) in [5, 5.41) is -0.00780. The Bertz CT molecular complexity index is 581. The van der Waals surface area contributed by atoms with E-state index in [0.29, 0.717) is 18.5 Å². The molecule has 1 aliphatic heterocycles. The third-order valence-corrected chi connectivity index (χ3v) is 2.96. The number of hydrogen-bond donors (Lipinski definition) is 0. The van der Waals surface area contributed by atoms with Crippen molar-refractivity contribution in [2.75, 3.05) is 6.54 Å². The molecule has 98 valence electrons. The first-order valence-electron chi connectivity index (χ1n) is 5.73. The van der Waals surface area contributed by atoms with Crippen molar-refractivity contribution in [1.82, 2.24) is 4.90 Å². The van der Waals surface area contributed by atoms with Crippen molar-refractivity contribution >= 4 is 29.5 Å². The van der Waals surface area contributed by atoms with Gasteiger partial charge >= 0.3 is 0 Å². The molecule has 0 bridgehead atoms. The number of halogens is 2. The molecule has 5 heteroatoms. The predicted octanol–water partition coefficient (Wildman–Crippen LogP) is 2.81. The smallest absolute Gasteiger partial charge is 0.253 e. The topological polar surface area (TPSA) is 37.4 Å². The molecule has 0 atom stereocenters. The van der Waals surface area contributed by atoms with Crippen LogP contribution in [0.2, 0.25) is 5.02 Å². The van der Waals surface area contributed by atoms with Crippen LogP contribution in [0.3, 0.4) is 0 Å². The average molecular weight is 280 g/mol. The van der Waals surface area contributed by atoms with Crippen molar-refractivity contribution in [3.05, 3.63) is 52.8 Å². The molecule has 0 saturated carbocycles. The van der Waals surface area contributed by atoms with E-state index in [4.69, 9.17) is 11.6 Å². The summed E-state index contributed by atoms with van der Waals surface area (Å²) in [5.74, 6) is -1.23. The number of carbonyl (C=O) groups excluding carboxylic acids is 2. The molecule has 0 radical (unpaired) electrons. The lowest BCUT2D eigenvalue weighted by Gasteiger charge is -2.19. The second-order valence-corrected chi connectivity index (χ2v) is 4.43. The third-order valence-electron chi connectivity index (χ3n) is 2.67. The van der Waals surface area contributed by atoms with Gasteiger partial charge in [0.1, 0.15) is 5.82 Å². The highest BCUT2D eigenvalue weighted by Gasteiger charge is 2.18. The van der Waals surface area contributed by atoms with Gasteiger partial charge in [0, 0.05) is 12.6 Å². The van der Waals surface area contributed by atoms with Crippen molar-refractivity contribution in [1.29, 1.82) is 0 Å². The molecule has 0 saturated heterocycles. The minimum Gasteiger partial charge on any atom is -0.275 e. The molecule has 19 heavy (non-hydrogen) atoms. The van der Waals surface area contributed by atoms with Gasteiger partial charge < -0.3 is 0 Å². The van der Waals surface area contributed by atoms with E-state index < -0.39 is 11.7 Å². The standard InChI is InChI=1S/C14H11ClFNO2/c15-11-9-10(4-6-12(11)16)5-7-14(19)17-8-2-1-3-13(17)18/h1,3-7,9H,2,8H2/b7-5+. The van der Waals surface area contributed by atoms with Crippen molar-refractivity contribution in [3.63, 3.8) is 0 Å². The van der Waals surface area contributed by atoms with Gasteiger partial charge in [-0.25, -0.2) is 4.39 Å². The maximum atomic E-state index is 13.0. The molecule has 1 aromatic rings. The van der Waals surface area contributed by atoms with Crippen molar-refractivity contribution < 1.29 is 14.0 Å². The number of benzene rings is 1. The Morgan fingerprint density at radius 3 is 2.89 bits per heavy atom. The van der Waals surface area contributed by atoms with Crippen LogP contribution in [0.5, 0.6) is 0 Å². The van der Waals surface area contributed by atoms with Crippen molar-refractivity contribution in [2.45, 2.75) is 6.42 Å². The molecule has 1 aromatic carbocycles. The summed E-state index contributed by atoms with van der Waals surface area (Å²) in [4.78, 5) is 24.4. The van der Waals surface area contributed by atoms with E-state index >= 15 is 0 Å². The fourth-order valence-electron chi connectivity index (χ4n) is 1.68. The number of nitrogens with zero attached hydrogens (tertiary/aromatic N) is 1. The average Bonchev–Trinajstić information content (AvgIpc) is 2.40. The highest BCUT2D eigenvalue weighted by atomic mass is 35.5. The summed E-state index contributed by atoms with van der Waals surface area (Å²) >= 11 is 5.63. The maximum Gasteiger partial charge on any atom is 0.253 e. The maximum absolute atomic E-state index is 13.0. The Morgan fingerprint density at radius 2 is 2.21 bits per heavy atom. The van der Waals surface area contributed by atoms with E-state index in [0.717, 1.165) is 4.90 Å². The van der Waals surface area contributed by atoms with E-state index in [1.807, 2.05) is 0 Å². The van der Waals surface area contributed by atoms with E-state index in [-0.39, 0.29) is 10.9 Å². The lowest BCUT2D eigenvalue weighted by atomic mass is 10.2. The van der Waals surface area contributed by atoms with Gasteiger partial charge in [0.05, 0.1) is 5.02 Å². The van der Waals surface area contributed by atoms with Gasteiger partial charge in [-0.1, -0.05) is 23.7 Å². The summed E-state index contributed by atoms with van der Waals surface area (Å²) in [6.07, 6.45) is 6.55. The molecular weight excluding hydrogens is 269 g/mol.